The molecule has 0 aromatic heterocycles. The lowest BCUT2D eigenvalue weighted by Crippen LogP contribution is -2.48. The van der Waals surface area contributed by atoms with E-state index in [-0.39, 0.29) is 17.1 Å². The Morgan fingerprint density at radius 3 is 2.14 bits per heavy atom. The average molecular weight is 296 g/mol. The minimum Gasteiger partial charge on any atom is -0.384 e. The minimum absolute atomic E-state index is 0.0100. The second-order valence-corrected chi connectivity index (χ2v) is 5.88. The van der Waals surface area contributed by atoms with Crippen molar-refractivity contribution in [2.24, 2.45) is 11.7 Å². The first-order valence-electron chi connectivity index (χ1n) is 7.19. The van der Waals surface area contributed by atoms with Gasteiger partial charge in [-0.3, -0.25) is 10.3 Å². The first kappa shape index (κ1) is 15.7. The first-order valence-corrected chi connectivity index (χ1v) is 7.19. The van der Waals surface area contributed by atoms with Gasteiger partial charge in [-0.1, -0.05) is 13.8 Å². The summed E-state index contributed by atoms with van der Waals surface area (Å²) in [7, 11) is 0. The van der Waals surface area contributed by atoms with Gasteiger partial charge in [-0.2, -0.15) is 0 Å². The summed E-state index contributed by atoms with van der Waals surface area (Å²) in [6.07, 6.45) is 0. The van der Waals surface area contributed by atoms with E-state index in [0.29, 0.717) is 19.0 Å². The highest BCUT2D eigenvalue weighted by Crippen LogP contribution is 2.26. The van der Waals surface area contributed by atoms with Crippen LogP contribution >= 0.6 is 0 Å². The smallest absolute Gasteiger partial charge is 0.150 e. The molecule has 21 heavy (non-hydrogen) atoms. The number of nitrogen functional groups attached to an aromatic ring is 1. The van der Waals surface area contributed by atoms with Crippen molar-refractivity contribution < 1.29 is 8.78 Å². The Bertz CT molecular complexity index is 499. The highest BCUT2D eigenvalue weighted by Gasteiger charge is 2.23. The Hall–Kier alpha value is -1.69. The lowest BCUT2D eigenvalue weighted by molar-refractivity contribution is 0.230. The fourth-order valence-electron chi connectivity index (χ4n) is 2.69. The van der Waals surface area contributed by atoms with Crippen molar-refractivity contribution >= 4 is 11.5 Å². The average Bonchev–Trinajstić information content (AvgIpc) is 2.39. The number of hydrogen-bond acceptors (Lipinski definition) is 3. The van der Waals surface area contributed by atoms with Gasteiger partial charge in [0.05, 0.1) is 0 Å². The van der Waals surface area contributed by atoms with Crippen LogP contribution in [-0.4, -0.2) is 43.5 Å². The third-order valence-corrected chi connectivity index (χ3v) is 3.64. The normalized spacial score (nSPS) is 16.5. The summed E-state index contributed by atoms with van der Waals surface area (Å²) < 4.78 is 28.2. The van der Waals surface area contributed by atoms with E-state index in [1.54, 1.807) is 4.90 Å². The zero-order chi connectivity index (χ0) is 15.6. The molecule has 0 bridgehead atoms. The van der Waals surface area contributed by atoms with Crippen LogP contribution in [0.2, 0.25) is 0 Å². The van der Waals surface area contributed by atoms with Crippen LogP contribution in [0.4, 0.5) is 14.5 Å². The lowest BCUT2D eigenvalue weighted by Gasteiger charge is -2.37. The minimum atomic E-state index is -0.655. The van der Waals surface area contributed by atoms with Gasteiger partial charge in [-0.15, -0.1) is 0 Å². The number of anilines is 1. The molecule has 1 aromatic rings. The summed E-state index contributed by atoms with van der Waals surface area (Å²) >= 11 is 0. The number of hydrogen-bond donors (Lipinski definition) is 2. The maximum Gasteiger partial charge on any atom is 0.150 e. The number of nitrogens with zero attached hydrogens (tertiary/aromatic N) is 2. The number of nitrogens with two attached hydrogens (primary N) is 1. The largest absolute Gasteiger partial charge is 0.384 e. The molecule has 0 aliphatic carbocycles. The van der Waals surface area contributed by atoms with Gasteiger partial charge in [0.15, 0.2) is 0 Å². The molecule has 0 atom stereocenters. The van der Waals surface area contributed by atoms with E-state index in [2.05, 4.69) is 18.7 Å². The quantitative estimate of drug-likeness (QED) is 0.660. The molecule has 2 rings (SSSR count). The van der Waals surface area contributed by atoms with Crippen molar-refractivity contribution in [3.8, 4) is 0 Å². The molecule has 1 heterocycles. The second kappa shape index (κ2) is 6.39. The molecular formula is C15H22F2N4. The molecule has 3 N–H and O–H groups in total. The number of rotatable bonds is 4. The van der Waals surface area contributed by atoms with Crippen molar-refractivity contribution in [3.63, 3.8) is 0 Å². The van der Waals surface area contributed by atoms with Gasteiger partial charge in [0.1, 0.15) is 23.2 Å². The Morgan fingerprint density at radius 1 is 1.19 bits per heavy atom. The van der Waals surface area contributed by atoms with Crippen LogP contribution < -0.4 is 10.6 Å². The van der Waals surface area contributed by atoms with Gasteiger partial charge in [0.25, 0.3) is 0 Å². The number of halogens is 2. The summed E-state index contributed by atoms with van der Waals surface area (Å²) in [5.41, 5.74) is 5.34. The third-order valence-electron chi connectivity index (χ3n) is 3.64. The Kier molecular flexibility index (Phi) is 4.77. The topological polar surface area (TPSA) is 56.4 Å². The molecule has 6 heteroatoms. The number of nitrogens with one attached hydrogen (secondary N) is 1. The highest BCUT2D eigenvalue weighted by molar-refractivity contribution is 5.95. The van der Waals surface area contributed by atoms with E-state index >= 15 is 0 Å². The van der Waals surface area contributed by atoms with Gasteiger partial charge in [-0.25, -0.2) is 8.78 Å². The van der Waals surface area contributed by atoms with Crippen LogP contribution in [0.5, 0.6) is 0 Å². The van der Waals surface area contributed by atoms with Crippen molar-refractivity contribution in [2.75, 3.05) is 37.6 Å². The second-order valence-electron chi connectivity index (χ2n) is 5.88. The molecule has 0 unspecified atom stereocenters. The maximum atomic E-state index is 14.1. The molecule has 0 saturated carbocycles. The summed E-state index contributed by atoms with van der Waals surface area (Å²) in [5, 5.41) is 7.26. The van der Waals surface area contributed by atoms with Crippen molar-refractivity contribution in [1.29, 1.82) is 5.41 Å². The highest BCUT2D eigenvalue weighted by atomic mass is 19.1. The molecule has 0 amide bonds. The molecule has 1 aromatic carbocycles. The molecule has 0 radical (unpaired) electrons. The Labute approximate surface area is 124 Å². The van der Waals surface area contributed by atoms with Crippen molar-refractivity contribution in [3.05, 3.63) is 29.3 Å². The van der Waals surface area contributed by atoms with E-state index in [0.717, 1.165) is 31.8 Å². The van der Waals surface area contributed by atoms with E-state index in [1.165, 1.54) is 0 Å². The predicted molar refractivity (Wildman–Crippen MR) is 80.9 cm³/mol. The number of piperazine rings is 1. The summed E-state index contributed by atoms with van der Waals surface area (Å²) in [6, 6.07) is 2.25. The fraction of sp³-hybridized carbons (Fsp3) is 0.533. The zero-order valence-electron chi connectivity index (χ0n) is 12.5. The third kappa shape index (κ3) is 3.69. The standard InChI is InChI=1S/C15H22F2N4/c1-10(2)9-20-3-5-21(6-4-20)14-12(16)7-11(15(18)19)8-13(14)17/h7-8,10H,3-6,9H2,1-2H3,(H3,18,19). The predicted octanol–water partition coefficient (Wildman–Crippen LogP) is 2.03. The molecule has 116 valence electrons. The summed E-state index contributed by atoms with van der Waals surface area (Å²) in [6.45, 7) is 8.11. The Balaban J connectivity index is 2.12. The first-order chi connectivity index (χ1) is 9.88. The molecular weight excluding hydrogens is 274 g/mol. The van der Waals surface area contributed by atoms with E-state index in [4.69, 9.17) is 11.1 Å². The van der Waals surface area contributed by atoms with Gasteiger partial charge < -0.3 is 10.6 Å². The number of benzene rings is 1. The molecule has 1 aliphatic heterocycles. The van der Waals surface area contributed by atoms with E-state index < -0.39 is 11.6 Å². The van der Waals surface area contributed by atoms with Crippen LogP contribution in [0.15, 0.2) is 12.1 Å². The van der Waals surface area contributed by atoms with Gasteiger partial charge in [-0.05, 0) is 18.1 Å². The SMILES string of the molecule is CC(C)CN1CCN(c2c(F)cc(C(=N)N)cc2F)CC1. The maximum absolute atomic E-state index is 14.1. The van der Waals surface area contributed by atoms with Crippen LogP contribution in [0, 0.1) is 23.0 Å². The van der Waals surface area contributed by atoms with Gasteiger partial charge >= 0.3 is 0 Å². The van der Waals surface area contributed by atoms with Crippen molar-refractivity contribution in [2.45, 2.75) is 13.8 Å². The molecule has 4 nitrogen and oxygen atoms in total. The van der Waals surface area contributed by atoms with Crippen LogP contribution in [0.1, 0.15) is 19.4 Å². The summed E-state index contributed by atoms with van der Waals surface area (Å²) in [5.74, 6) is -1.06. The van der Waals surface area contributed by atoms with Crippen LogP contribution in [0.3, 0.4) is 0 Å². The molecule has 1 saturated heterocycles. The van der Waals surface area contributed by atoms with E-state index in [1.807, 2.05) is 0 Å². The monoisotopic (exact) mass is 296 g/mol. The van der Waals surface area contributed by atoms with Crippen molar-refractivity contribution in [1.82, 2.24) is 4.90 Å². The van der Waals surface area contributed by atoms with Gasteiger partial charge in [0, 0.05) is 38.3 Å². The van der Waals surface area contributed by atoms with Crippen LogP contribution in [-0.2, 0) is 0 Å². The lowest BCUT2D eigenvalue weighted by atomic mass is 10.1. The van der Waals surface area contributed by atoms with E-state index in [9.17, 15) is 8.78 Å². The number of amidine groups is 1. The molecule has 1 aliphatic rings. The fourth-order valence-corrected chi connectivity index (χ4v) is 2.69. The molecule has 0 spiro atoms. The summed E-state index contributed by atoms with van der Waals surface area (Å²) in [4.78, 5) is 4.03. The van der Waals surface area contributed by atoms with Gasteiger partial charge in [0.2, 0.25) is 0 Å². The zero-order valence-corrected chi connectivity index (χ0v) is 12.5. The Morgan fingerprint density at radius 2 is 1.71 bits per heavy atom. The van der Waals surface area contributed by atoms with Crippen LogP contribution in [0.25, 0.3) is 0 Å². The molecule has 1 fully saturated rings.